The van der Waals surface area contributed by atoms with Crippen molar-refractivity contribution in [3.05, 3.63) is 41.0 Å². The lowest BCUT2D eigenvalue weighted by Crippen LogP contribution is -2.55. The minimum absolute atomic E-state index is 0.0346. The quantitative estimate of drug-likeness (QED) is 0.624. The minimum atomic E-state index is -0.959. The molecule has 1 saturated heterocycles. The van der Waals surface area contributed by atoms with Gasteiger partial charge in [0.2, 0.25) is 0 Å². The number of piperidine rings is 1. The highest BCUT2D eigenvalue weighted by Gasteiger charge is 2.50. The van der Waals surface area contributed by atoms with Crippen LogP contribution in [0.5, 0.6) is 5.75 Å². The second-order valence-electron chi connectivity index (χ2n) is 8.52. The molecule has 0 radical (unpaired) electrons. The number of fused-ring (bicyclic) bond motifs is 4. The number of carboxylic acid groups (broad SMARTS) is 2. The molecule has 1 saturated carbocycles. The lowest BCUT2D eigenvalue weighted by atomic mass is 9.58. The Hall–Kier alpha value is -2.34. The van der Waals surface area contributed by atoms with Crippen molar-refractivity contribution >= 4 is 11.9 Å². The first kappa shape index (κ1) is 19.0. The van der Waals surface area contributed by atoms with Crippen molar-refractivity contribution in [3.63, 3.8) is 0 Å². The van der Waals surface area contributed by atoms with E-state index >= 15 is 0 Å². The fourth-order valence-corrected chi connectivity index (χ4v) is 5.24. The number of carbonyl (C=O) groups is 2. The van der Waals surface area contributed by atoms with Crippen LogP contribution in [0.3, 0.4) is 0 Å². The van der Waals surface area contributed by atoms with E-state index in [1.165, 1.54) is 18.9 Å². The SMILES string of the molecule is O=C(O)/C=C1\[C@H]2Cc3ccc(O)cc3[C@]1(CCCC(=O)O)CCN2CC1CC1. The lowest BCUT2D eigenvalue weighted by molar-refractivity contribution is -0.137. The van der Waals surface area contributed by atoms with Crippen molar-refractivity contribution in [2.75, 3.05) is 13.1 Å². The molecule has 3 aliphatic rings. The Labute approximate surface area is 164 Å². The van der Waals surface area contributed by atoms with Crippen molar-refractivity contribution in [1.82, 2.24) is 4.90 Å². The molecule has 2 aliphatic carbocycles. The summed E-state index contributed by atoms with van der Waals surface area (Å²) in [7, 11) is 0. The summed E-state index contributed by atoms with van der Waals surface area (Å²) in [5.74, 6) is -0.911. The predicted molar refractivity (Wildman–Crippen MR) is 103 cm³/mol. The monoisotopic (exact) mass is 385 g/mol. The number of aromatic hydroxyl groups is 1. The number of rotatable bonds is 7. The average molecular weight is 385 g/mol. The maximum Gasteiger partial charge on any atom is 0.328 e. The van der Waals surface area contributed by atoms with E-state index in [4.69, 9.17) is 5.11 Å². The van der Waals surface area contributed by atoms with Crippen molar-refractivity contribution in [1.29, 1.82) is 0 Å². The summed E-state index contributed by atoms with van der Waals surface area (Å²) < 4.78 is 0. The van der Waals surface area contributed by atoms with E-state index in [1.54, 1.807) is 12.1 Å². The van der Waals surface area contributed by atoms with Crippen LogP contribution in [0.25, 0.3) is 0 Å². The molecule has 1 aliphatic heterocycles. The second-order valence-corrected chi connectivity index (χ2v) is 8.52. The third kappa shape index (κ3) is 3.53. The van der Waals surface area contributed by atoms with E-state index < -0.39 is 17.4 Å². The van der Waals surface area contributed by atoms with Crippen LogP contribution in [0, 0.1) is 5.92 Å². The number of phenolic OH excluding ortho intramolecular Hbond substituents is 1. The van der Waals surface area contributed by atoms with E-state index in [0.29, 0.717) is 18.8 Å². The van der Waals surface area contributed by atoms with Crippen LogP contribution in [0.4, 0.5) is 0 Å². The number of likely N-dealkylation sites (tertiary alicyclic amines) is 1. The molecule has 1 heterocycles. The van der Waals surface area contributed by atoms with Gasteiger partial charge in [0, 0.05) is 30.5 Å². The summed E-state index contributed by atoms with van der Waals surface area (Å²) in [6, 6.07) is 5.43. The number of aliphatic carboxylic acids is 2. The Morgan fingerprint density at radius 2 is 2.04 bits per heavy atom. The molecule has 2 atom stereocenters. The Morgan fingerprint density at radius 3 is 2.71 bits per heavy atom. The van der Waals surface area contributed by atoms with Crippen LogP contribution in [0.1, 0.15) is 49.7 Å². The highest BCUT2D eigenvalue weighted by atomic mass is 16.4. The Bertz CT molecular complexity index is 828. The van der Waals surface area contributed by atoms with E-state index in [9.17, 15) is 19.8 Å². The maximum atomic E-state index is 11.7. The Kier molecular flexibility index (Phi) is 4.91. The molecule has 6 heteroatoms. The fourth-order valence-electron chi connectivity index (χ4n) is 5.24. The molecule has 3 N–H and O–H groups in total. The zero-order valence-corrected chi connectivity index (χ0v) is 15.9. The predicted octanol–water partition coefficient (Wildman–Crippen LogP) is 2.94. The maximum absolute atomic E-state index is 11.7. The minimum Gasteiger partial charge on any atom is -0.508 e. The van der Waals surface area contributed by atoms with Gasteiger partial charge in [0.25, 0.3) is 0 Å². The van der Waals surface area contributed by atoms with Gasteiger partial charge in [0.1, 0.15) is 5.75 Å². The van der Waals surface area contributed by atoms with E-state index in [1.807, 2.05) is 6.07 Å². The third-order valence-electron chi connectivity index (χ3n) is 6.66. The van der Waals surface area contributed by atoms with Crippen molar-refractivity contribution in [2.45, 2.75) is 56.4 Å². The number of benzene rings is 1. The standard InChI is InChI=1S/C22H27NO5/c24-16-6-5-15-10-19-18(12-21(27)28)22(17(15)11-16,7-1-2-20(25)26)8-9-23(19)13-14-3-4-14/h5-6,11-12,14,19,24H,1-4,7-10,13H2,(H,25,26)(H,27,28)/b18-12+/t19-,22+/m1/s1. The van der Waals surface area contributed by atoms with E-state index in [-0.39, 0.29) is 18.2 Å². The van der Waals surface area contributed by atoms with Crippen LogP contribution < -0.4 is 0 Å². The largest absolute Gasteiger partial charge is 0.508 e. The smallest absolute Gasteiger partial charge is 0.328 e. The number of carboxylic acids is 2. The summed E-state index contributed by atoms with van der Waals surface area (Å²) in [4.78, 5) is 25.2. The molecule has 1 aromatic rings. The zero-order chi connectivity index (χ0) is 19.9. The van der Waals surface area contributed by atoms with Crippen LogP contribution >= 0.6 is 0 Å². The van der Waals surface area contributed by atoms with E-state index in [0.717, 1.165) is 42.6 Å². The molecule has 28 heavy (non-hydrogen) atoms. The molecule has 2 fully saturated rings. The van der Waals surface area contributed by atoms with Gasteiger partial charge in [-0.15, -0.1) is 0 Å². The van der Waals surface area contributed by atoms with Crippen LogP contribution in [0.15, 0.2) is 29.8 Å². The van der Waals surface area contributed by atoms with Crippen LogP contribution in [-0.2, 0) is 21.4 Å². The van der Waals surface area contributed by atoms with Gasteiger partial charge in [-0.2, -0.15) is 0 Å². The molecule has 1 aromatic carbocycles. The van der Waals surface area contributed by atoms with Gasteiger partial charge >= 0.3 is 11.9 Å². The van der Waals surface area contributed by atoms with Gasteiger partial charge in [-0.05, 0) is 79.8 Å². The summed E-state index contributed by atoms with van der Waals surface area (Å²) >= 11 is 0. The number of hydrogen-bond donors (Lipinski definition) is 3. The topological polar surface area (TPSA) is 98.1 Å². The third-order valence-corrected chi connectivity index (χ3v) is 6.66. The molecular formula is C22H27NO5. The molecule has 150 valence electrons. The van der Waals surface area contributed by atoms with Gasteiger partial charge in [0.05, 0.1) is 0 Å². The Morgan fingerprint density at radius 1 is 1.25 bits per heavy atom. The first-order valence-electron chi connectivity index (χ1n) is 10.1. The van der Waals surface area contributed by atoms with Crippen molar-refractivity contribution < 1.29 is 24.9 Å². The molecule has 6 nitrogen and oxygen atoms in total. The summed E-state index contributed by atoms with van der Waals surface area (Å²) in [6.07, 6.45) is 6.47. The van der Waals surface area contributed by atoms with Crippen molar-refractivity contribution in [2.24, 2.45) is 5.92 Å². The van der Waals surface area contributed by atoms with Crippen molar-refractivity contribution in [3.8, 4) is 5.75 Å². The highest BCUT2D eigenvalue weighted by molar-refractivity contribution is 5.82. The van der Waals surface area contributed by atoms with Gasteiger partial charge < -0.3 is 15.3 Å². The molecular weight excluding hydrogens is 358 g/mol. The normalized spacial score (nSPS) is 28.1. The number of phenols is 1. The molecule has 2 bridgehead atoms. The summed E-state index contributed by atoms with van der Waals surface area (Å²) in [5, 5.41) is 28.8. The second kappa shape index (κ2) is 7.24. The average Bonchev–Trinajstić information content (AvgIpc) is 3.43. The first-order chi connectivity index (χ1) is 13.4. The van der Waals surface area contributed by atoms with Gasteiger partial charge in [-0.1, -0.05) is 6.07 Å². The van der Waals surface area contributed by atoms with Crippen LogP contribution in [-0.4, -0.2) is 51.3 Å². The zero-order valence-electron chi connectivity index (χ0n) is 15.9. The molecule has 0 spiro atoms. The molecule has 0 unspecified atom stereocenters. The van der Waals surface area contributed by atoms with Gasteiger partial charge in [0.15, 0.2) is 0 Å². The number of nitrogens with zero attached hydrogens (tertiary/aromatic N) is 1. The molecule has 0 aromatic heterocycles. The van der Waals surface area contributed by atoms with Crippen LogP contribution in [0.2, 0.25) is 0 Å². The lowest BCUT2D eigenvalue weighted by Gasteiger charge is -2.53. The summed E-state index contributed by atoms with van der Waals surface area (Å²) in [6.45, 7) is 1.88. The Balaban J connectivity index is 1.78. The summed E-state index contributed by atoms with van der Waals surface area (Å²) in [5.41, 5.74) is 2.49. The highest BCUT2D eigenvalue weighted by Crippen LogP contribution is 2.52. The molecule has 4 rings (SSSR count). The van der Waals surface area contributed by atoms with Gasteiger partial charge in [-0.3, -0.25) is 9.69 Å². The number of hydrogen-bond acceptors (Lipinski definition) is 4. The molecule has 0 amide bonds. The van der Waals surface area contributed by atoms with E-state index in [2.05, 4.69) is 4.90 Å². The fraction of sp³-hybridized carbons (Fsp3) is 0.545. The first-order valence-corrected chi connectivity index (χ1v) is 10.1. The van der Waals surface area contributed by atoms with Gasteiger partial charge in [-0.25, -0.2) is 4.79 Å².